The molecule has 2 nitrogen and oxygen atoms in total. The zero-order chi connectivity index (χ0) is 9.42. The van der Waals surface area contributed by atoms with E-state index in [0.29, 0.717) is 11.1 Å². The van der Waals surface area contributed by atoms with E-state index < -0.39 is 0 Å². The van der Waals surface area contributed by atoms with Gasteiger partial charge in [-0.1, -0.05) is 0 Å². The number of nitriles is 1. The summed E-state index contributed by atoms with van der Waals surface area (Å²) >= 11 is 0. The first kappa shape index (κ1) is 8.21. The Labute approximate surface area is 75.8 Å². The van der Waals surface area contributed by atoms with E-state index in [9.17, 15) is 4.39 Å². The first-order valence-corrected chi connectivity index (χ1v) is 4.21. The van der Waals surface area contributed by atoms with Gasteiger partial charge in [-0.3, -0.25) is 0 Å². The largest absolute Gasteiger partial charge is 0.324 e. The van der Waals surface area contributed by atoms with Crippen LogP contribution in [0.1, 0.15) is 29.2 Å². The van der Waals surface area contributed by atoms with Crippen molar-refractivity contribution < 1.29 is 4.39 Å². The summed E-state index contributed by atoms with van der Waals surface area (Å²) in [5, 5.41) is 8.77. The van der Waals surface area contributed by atoms with Crippen molar-refractivity contribution in [3.05, 3.63) is 34.6 Å². The Hall–Kier alpha value is -1.40. The molecule has 1 atom stereocenters. The van der Waals surface area contributed by atoms with Crippen molar-refractivity contribution in [2.24, 2.45) is 5.73 Å². The predicted octanol–water partition coefficient (Wildman–Crippen LogP) is 1.64. The van der Waals surface area contributed by atoms with Crippen LogP contribution < -0.4 is 5.73 Å². The summed E-state index contributed by atoms with van der Waals surface area (Å²) in [5.74, 6) is -0.279. The average molecular weight is 176 g/mol. The molecule has 0 radical (unpaired) electrons. The molecule has 0 heterocycles. The van der Waals surface area contributed by atoms with Crippen LogP contribution in [0.4, 0.5) is 4.39 Å². The lowest BCUT2D eigenvalue weighted by atomic mass is 10.0. The number of hydrogen-bond donors (Lipinski definition) is 1. The minimum absolute atomic E-state index is 0.233. The van der Waals surface area contributed by atoms with Crippen molar-refractivity contribution in [2.45, 2.75) is 18.9 Å². The van der Waals surface area contributed by atoms with Gasteiger partial charge in [0.25, 0.3) is 0 Å². The van der Waals surface area contributed by atoms with Crippen LogP contribution >= 0.6 is 0 Å². The van der Waals surface area contributed by atoms with E-state index in [4.69, 9.17) is 11.0 Å². The Morgan fingerprint density at radius 1 is 1.54 bits per heavy atom. The topological polar surface area (TPSA) is 49.8 Å². The quantitative estimate of drug-likeness (QED) is 0.653. The number of nitrogens with zero attached hydrogens (tertiary/aromatic N) is 1. The molecule has 0 unspecified atom stereocenters. The van der Waals surface area contributed by atoms with E-state index in [0.717, 1.165) is 18.4 Å². The van der Waals surface area contributed by atoms with Gasteiger partial charge in [0, 0.05) is 11.6 Å². The summed E-state index contributed by atoms with van der Waals surface area (Å²) in [7, 11) is 0. The molecule has 0 fully saturated rings. The maximum atomic E-state index is 13.3. The number of nitrogens with two attached hydrogens (primary N) is 1. The third-order valence-corrected chi connectivity index (χ3v) is 2.50. The molecule has 2 N–H and O–H groups in total. The molecular weight excluding hydrogens is 167 g/mol. The lowest BCUT2D eigenvalue weighted by Crippen LogP contribution is -2.07. The molecule has 1 aliphatic carbocycles. The van der Waals surface area contributed by atoms with Crippen LogP contribution in [0.5, 0.6) is 0 Å². The second-order valence-corrected chi connectivity index (χ2v) is 3.24. The second-order valence-electron chi connectivity index (χ2n) is 3.24. The number of rotatable bonds is 0. The Balaban J connectivity index is 2.67. The zero-order valence-electron chi connectivity index (χ0n) is 7.05. The monoisotopic (exact) mass is 176 g/mol. The Bertz CT molecular complexity index is 393. The van der Waals surface area contributed by atoms with E-state index in [1.807, 2.05) is 0 Å². The predicted molar refractivity (Wildman–Crippen MR) is 46.4 cm³/mol. The maximum Gasteiger partial charge on any atom is 0.128 e. The highest BCUT2D eigenvalue weighted by Crippen LogP contribution is 2.33. The molecule has 0 amide bonds. The number of halogens is 1. The summed E-state index contributed by atoms with van der Waals surface area (Å²) in [6.07, 6.45) is 1.46. The van der Waals surface area contributed by atoms with Crippen LogP contribution in [0.25, 0.3) is 0 Å². The average Bonchev–Trinajstić information content (AvgIpc) is 2.50. The number of benzene rings is 1. The van der Waals surface area contributed by atoms with Gasteiger partial charge in [0.05, 0.1) is 11.6 Å². The standard InChI is InChI=1S/C10H9FN2/c11-8-3-1-6(5-12)7-2-4-9(13)10(7)8/h1,3,9H,2,4,13H2/t9-/m1/s1. The fraction of sp³-hybridized carbons (Fsp3) is 0.300. The molecular formula is C10H9FN2. The van der Waals surface area contributed by atoms with Crippen molar-refractivity contribution >= 4 is 0 Å². The summed E-state index contributed by atoms with van der Waals surface area (Å²) in [4.78, 5) is 0. The van der Waals surface area contributed by atoms with Crippen molar-refractivity contribution in [1.29, 1.82) is 5.26 Å². The molecule has 0 aromatic heterocycles. The molecule has 2 rings (SSSR count). The highest BCUT2D eigenvalue weighted by atomic mass is 19.1. The molecule has 66 valence electrons. The molecule has 0 saturated heterocycles. The minimum Gasteiger partial charge on any atom is -0.324 e. The maximum absolute atomic E-state index is 13.3. The van der Waals surface area contributed by atoms with Crippen molar-refractivity contribution in [3.63, 3.8) is 0 Å². The van der Waals surface area contributed by atoms with Gasteiger partial charge in [-0.15, -0.1) is 0 Å². The molecule has 1 aliphatic rings. The number of fused-ring (bicyclic) bond motifs is 1. The highest BCUT2D eigenvalue weighted by Gasteiger charge is 2.25. The van der Waals surface area contributed by atoms with E-state index >= 15 is 0 Å². The van der Waals surface area contributed by atoms with Gasteiger partial charge in [-0.05, 0) is 30.5 Å². The minimum atomic E-state index is -0.279. The van der Waals surface area contributed by atoms with Gasteiger partial charge < -0.3 is 5.73 Å². The van der Waals surface area contributed by atoms with Gasteiger partial charge in [0.1, 0.15) is 5.82 Å². The molecule has 1 aromatic carbocycles. The Morgan fingerprint density at radius 2 is 2.31 bits per heavy atom. The van der Waals surface area contributed by atoms with Gasteiger partial charge >= 0.3 is 0 Å². The smallest absolute Gasteiger partial charge is 0.128 e. The van der Waals surface area contributed by atoms with Crippen LogP contribution in [0.3, 0.4) is 0 Å². The van der Waals surface area contributed by atoms with Crippen LogP contribution in [0.2, 0.25) is 0 Å². The number of hydrogen-bond acceptors (Lipinski definition) is 2. The molecule has 1 aromatic rings. The fourth-order valence-corrected chi connectivity index (χ4v) is 1.86. The van der Waals surface area contributed by atoms with Crippen molar-refractivity contribution in [3.8, 4) is 6.07 Å². The van der Waals surface area contributed by atoms with Crippen LogP contribution in [-0.4, -0.2) is 0 Å². The van der Waals surface area contributed by atoms with E-state index in [2.05, 4.69) is 6.07 Å². The van der Waals surface area contributed by atoms with Gasteiger partial charge in [0.15, 0.2) is 0 Å². The first-order valence-electron chi connectivity index (χ1n) is 4.21. The Kier molecular flexibility index (Phi) is 1.78. The van der Waals surface area contributed by atoms with Gasteiger partial charge in [0.2, 0.25) is 0 Å². The highest BCUT2D eigenvalue weighted by molar-refractivity contribution is 5.47. The second kappa shape index (κ2) is 2.82. The third-order valence-electron chi connectivity index (χ3n) is 2.50. The molecule has 3 heteroatoms. The molecule has 0 saturated carbocycles. The SMILES string of the molecule is N#Cc1ccc(F)c2c1CC[C@H]2N. The zero-order valence-corrected chi connectivity index (χ0v) is 7.05. The summed E-state index contributed by atoms with van der Waals surface area (Å²) in [6, 6.07) is 4.66. The van der Waals surface area contributed by atoms with Gasteiger partial charge in [-0.2, -0.15) is 5.26 Å². The molecule has 0 aliphatic heterocycles. The van der Waals surface area contributed by atoms with E-state index in [1.54, 1.807) is 0 Å². The fourth-order valence-electron chi connectivity index (χ4n) is 1.86. The normalized spacial score (nSPS) is 19.6. The summed E-state index contributed by atoms with van der Waals surface area (Å²) in [6.45, 7) is 0. The summed E-state index contributed by atoms with van der Waals surface area (Å²) < 4.78 is 13.3. The van der Waals surface area contributed by atoms with E-state index in [-0.39, 0.29) is 11.9 Å². The van der Waals surface area contributed by atoms with Gasteiger partial charge in [-0.25, -0.2) is 4.39 Å². The first-order chi connectivity index (χ1) is 6.24. The Morgan fingerprint density at radius 3 is 3.00 bits per heavy atom. The van der Waals surface area contributed by atoms with Crippen LogP contribution in [0, 0.1) is 17.1 Å². The van der Waals surface area contributed by atoms with E-state index in [1.165, 1.54) is 12.1 Å². The third kappa shape index (κ3) is 1.11. The van der Waals surface area contributed by atoms with Crippen LogP contribution in [0.15, 0.2) is 12.1 Å². The van der Waals surface area contributed by atoms with Crippen molar-refractivity contribution in [1.82, 2.24) is 0 Å². The lowest BCUT2D eigenvalue weighted by molar-refractivity contribution is 0.589. The van der Waals surface area contributed by atoms with Crippen molar-refractivity contribution in [2.75, 3.05) is 0 Å². The lowest BCUT2D eigenvalue weighted by Gasteiger charge is -2.06. The molecule has 0 spiro atoms. The molecule has 0 bridgehead atoms. The summed E-state index contributed by atoms with van der Waals surface area (Å²) in [5.41, 5.74) is 7.62. The molecule has 13 heavy (non-hydrogen) atoms. The van der Waals surface area contributed by atoms with Crippen LogP contribution in [-0.2, 0) is 6.42 Å².